The van der Waals surface area contributed by atoms with Gasteiger partial charge in [0.2, 0.25) is 0 Å². The van der Waals surface area contributed by atoms with E-state index in [9.17, 15) is 0 Å². The van der Waals surface area contributed by atoms with Crippen molar-refractivity contribution in [2.45, 2.75) is 19.4 Å². The first-order valence-corrected chi connectivity index (χ1v) is 5.82. The molecule has 0 aromatic rings. The predicted octanol–water partition coefficient (Wildman–Crippen LogP) is 1.45. The second kappa shape index (κ2) is 3.44. The summed E-state index contributed by atoms with van der Waals surface area (Å²) >= 11 is 0. The minimum atomic E-state index is 0.432. The normalized spacial score (nSPS) is 29.4. The largest absolute Gasteiger partial charge is 0.389 e. The fourth-order valence-electron chi connectivity index (χ4n) is 2.38. The molecule has 1 atom stereocenters. The molecule has 3 rings (SSSR count). The molecule has 3 heteroatoms. The molecule has 0 fully saturated rings. The van der Waals surface area contributed by atoms with E-state index in [0.29, 0.717) is 6.04 Å². The van der Waals surface area contributed by atoms with Crippen LogP contribution in [0.5, 0.6) is 0 Å². The Hall–Kier alpha value is -1.64. The summed E-state index contributed by atoms with van der Waals surface area (Å²) in [5, 5.41) is 6.69. The molecule has 1 unspecified atom stereocenters. The van der Waals surface area contributed by atoms with Gasteiger partial charge in [0.15, 0.2) is 0 Å². The summed E-state index contributed by atoms with van der Waals surface area (Å²) in [6.45, 7) is 3.24. The number of nitrogens with one attached hydrogen (secondary N) is 2. The predicted molar refractivity (Wildman–Crippen MR) is 65.3 cm³/mol. The van der Waals surface area contributed by atoms with E-state index in [1.54, 1.807) is 0 Å². The first kappa shape index (κ1) is 9.58. The van der Waals surface area contributed by atoms with Gasteiger partial charge >= 0.3 is 0 Å². The molecular formula is C13H17N3. The number of nitrogens with zero attached hydrogens (tertiary/aromatic N) is 1. The zero-order valence-corrected chi connectivity index (χ0v) is 9.75. The molecule has 16 heavy (non-hydrogen) atoms. The molecule has 0 spiro atoms. The Morgan fingerprint density at radius 3 is 3.19 bits per heavy atom. The van der Waals surface area contributed by atoms with E-state index in [-0.39, 0.29) is 0 Å². The van der Waals surface area contributed by atoms with Gasteiger partial charge in [0, 0.05) is 37.1 Å². The van der Waals surface area contributed by atoms with Gasteiger partial charge in [-0.15, -0.1) is 0 Å². The van der Waals surface area contributed by atoms with Crippen LogP contribution in [0, 0.1) is 0 Å². The highest BCUT2D eigenvalue weighted by Gasteiger charge is 2.28. The van der Waals surface area contributed by atoms with Gasteiger partial charge in [-0.3, -0.25) is 0 Å². The Kier molecular flexibility index (Phi) is 2.06. The molecule has 2 aliphatic heterocycles. The molecular weight excluding hydrogens is 198 g/mol. The maximum Gasteiger partial charge on any atom is 0.0617 e. The quantitative estimate of drug-likeness (QED) is 0.640. The summed E-state index contributed by atoms with van der Waals surface area (Å²) < 4.78 is 0. The molecule has 3 nitrogen and oxygen atoms in total. The number of hydrogen-bond acceptors (Lipinski definition) is 3. The fourth-order valence-corrected chi connectivity index (χ4v) is 2.38. The Morgan fingerprint density at radius 1 is 1.44 bits per heavy atom. The average Bonchev–Trinajstić information content (AvgIpc) is 2.32. The lowest BCUT2D eigenvalue weighted by molar-refractivity contribution is 0.375. The van der Waals surface area contributed by atoms with Gasteiger partial charge in [-0.1, -0.05) is 0 Å². The summed E-state index contributed by atoms with van der Waals surface area (Å²) in [6.07, 6.45) is 9.70. The van der Waals surface area contributed by atoms with E-state index in [1.165, 1.54) is 22.5 Å². The van der Waals surface area contributed by atoms with Crippen LogP contribution in [0.4, 0.5) is 0 Å². The van der Waals surface area contributed by atoms with Gasteiger partial charge in [-0.25, -0.2) is 0 Å². The zero-order chi connectivity index (χ0) is 11.1. The smallest absolute Gasteiger partial charge is 0.0617 e. The van der Waals surface area contributed by atoms with Crippen LogP contribution in [0.15, 0.2) is 47.1 Å². The average molecular weight is 215 g/mol. The van der Waals surface area contributed by atoms with Crippen LogP contribution >= 0.6 is 0 Å². The van der Waals surface area contributed by atoms with Crippen LogP contribution in [-0.4, -0.2) is 24.5 Å². The van der Waals surface area contributed by atoms with Crippen LogP contribution in [0.25, 0.3) is 0 Å². The summed E-state index contributed by atoms with van der Waals surface area (Å²) in [5.41, 5.74) is 5.44. The highest BCUT2D eigenvalue weighted by Crippen LogP contribution is 2.37. The number of hydrogen-bond donors (Lipinski definition) is 2. The van der Waals surface area contributed by atoms with Crippen molar-refractivity contribution in [3.05, 3.63) is 47.1 Å². The third-order valence-electron chi connectivity index (χ3n) is 3.58. The summed E-state index contributed by atoms with van der Waals surface area (Å²) in [5.74, 6) is 0. The lowest BCUT2D eigenvalue weighted by Gasteiger charge is -2.33. The second-order valence-electron chi connectivity index (χ2n) is 4.54. The van der Waals surface area contributed by atoms with Crippen molar-refractivity contribution >= 4 is 0 Å². The van der Waals surface area contributed by atoms with E-state index < -0.39 is 0 Å². The second-order valence-corrected chi connectivity index (χ2v) is 4.54. The fraction of sp³-hybridized carbons (Fsp3) is 0.385. The van der Waals surface area contributed by atoms with E-state index >= 15 is 0 Å². The van der Waals surface area contributed by atoms with Gasteiger partial charge in [0.1, 0.15) is 0 Å². The molecule has 0 radical (unpaired) electrons. The van der Waals surface area contributed by atoms with E-state index in [2.05, 4.69) is 47.9 Å². The standard InChI is InChI=1S/C13H17N3/c1-9-3-6-15-12-8-14-5-4-10-11(12)7-13(10)16(9)2/h3,6-9,14-15H,4-5H2,1-2H3/b6-3-. The molecule has 0 saturated carbocycles. The Morgan fingerprint density at radius 2 is 2.31 bits per heavy atom. The Balaban J connectivity index is 2.05. The highest BCUT2D eigenvalue weighted by atomic mass is 15.1. The van der Waals surface area contributed by atoms with Gasteiger partial charge in [0.25, 0.3) is 0 Å². The number of likely N-dealkylation sites (N-methyl/N-ethyl adjacent to an activating group) is 1. The maximum absolute atomic E-state index is 3.36. The SMILES string of the molecule is CC1/C=C\NC2=CNCCC3=C(C=C23)N1C. The molecule has 3 aliphatic rings. The topological polar surface area (TPSA) is 27.3 Å². The summed E-state index contributed by atoms with van der Waals surface area (Å²) in [6, 6.07) is 0.432. The van der Waals surface area contributed by atoms with Gasteiger partial charge < -0.3 is 15.5 Å². The Bertz CT molecular complexity index is 440. The van der Waals surface area contributed by atoms with Gasteiger partial charge in [-0.2, -0.15) is 0 Å². The Labute approximate surface area is 96.2 Å². The van der Waals surface area contributed by atoms with Crippen molar-refractivity contribution in [1.82, 2.24) is 15.5 Å². The third kappa shape index (κ3) is 1.28. The number of rotatable bonds is 0. The van der Waals surface area contributed by atoms with Crippen molar-refractivity contribution in [3.8, 4) is 0 Å². The van der Waals surface area contributed by atoms with Crippen molar-refractivity contribution < 1.29 is 0 Å². The van der Waals surface area contributed by atoms with Crippen LogP contribution in [0.1, 0.15) is 13.3 Å². The molecule has 1 aliphatic carbocycles. The first-order valence-electron chi connectivity index (χ1n) is 5.82. The van der Waals surface area contributed by atoms with E-state index in [1.807, 2.05) is 6.20 Å². The van der Waals surface area contributed by atoms with Crippen LogP contribution in [0.2, 0.25) is 0 Å². The third-order valence-corrected chi connectivity index (χ3v) is 3.58. The molecule has 0 aromatic carbocycles. The molecule has 0 amide bonds. The minimum Gasteiger partial charge on any atom is -0.389 e. The van der Waals surface area contributed by atoms with Gasteiger partial charge in [-0.05, 0) is 37.3 Å². The molecule has 2 heterocycles. The first-order chi connectivity index (χ1) is 7.77. The number of allylic oxidation sites excluding steroid dienone is 2. The molecule has 84 valence electrons. The molecule has 4 bridgehead atoms. The lowest BCUT2D eigenvalue weighted by Crippen LogP contribution is -2.30. The summed E-state index contributed by atoms with van der Waals surface area (Å²) in [7, 11) is 2.16. The van der Waals surface area contributed by atoms with E-state index in [0.717, 1.165) is 13.0 Å². The monoisotopic (exact) mass is 215 g/mol. The van der Waals surface area contributed by atoms with Crippen molar-refractivity contribution in [2.75, 3.05) is 13.6 Å². The molecule has 0 saturated heterocycles. The van der Waals surface area contributed by atoms with Gasteiger partial charge in [0.05, 0.1) is 5.70 Å². The van der Waals surface area contributed by atoms with Crippen LogP contribution < -0.4 is 10.6 Å². The molecule has 0 aromatic heterocycles. The van der Waals surface area contributed by atoms with Crippen molar-refractivity contribution in [3.63, 3.8) is 0 Å². The minimum absolute atomic E-state index is 0.432. The van der Waals surface area contributed by atoms with Crippen molar-refractivity contribution in [1.29, 1.82) is 0 Å². The van der Waals surface area contributed by atoms with Crippen LogP contribution in [-0.2, 0) is 0 Å². The summed E-state index contributed by atoms with van der Waals surface area (Å²) in [4.78, 5) is 2.34. The van der Waals surface area contributed by atoms with Crippen molar-refractivity contribution in [2.24, 2.45) is 0 Å². The van der Waals surface area contributed by atoms with Crippen LogP contribution in [0.3, 0.4) is 0 Å². The lowest BCUT2D eigenvalue weighted by atomic mass is 9.88. The van der Waals surface area contributed by atoms with E-state index in [4.69, 9.17) is 0 Å². The zero-order valence-electron chi connectivity index (χ0n) is 9.75. The molecule has 2 N–H and O–H groups in total. The highest BCUT2D eigenvalue weighted by molar-refractivity contribution is 5.62. The maximum atomic E-state index is 3.36.